The fourth-order valence-corrected chi connectivity index (χ4v) is 4.14. The van der Waals surface area contributed by atoms with Crippen LogP contribution in [-0.2, 0) is 23.6 Å². The van der Waals surface area contributed by atoms with Gasteiger partial charge in [0.25, 0.3) is 0 Å². The number of nitrogens with two attached hydrogens (primary N) is 1. The first kappa shape index (κ1) is 16.0. The number of hydrogen-bond donors (Lipinski definition) is 2. The minimum absolute atomic E-state index is 0.163. The number of anilines is 1. The normalized spacial score (nSPS) is 11.8. The molecule has 0 fully saturated rings. The molecule has 3 N–H and O–H groups in total. The lowest BCUT2D eigenvalue weighted by atomic mass is 10.2. The SMILES string of the molecule is Cc1nn(C)c(C)c1CNS(=O)(=O)c1ccc(N)cc1Br. The Morgan fingerprint density at radius 3 is 2.57 bits per heavy atom. The maximum absolute atomic E-state index is 12.4. The molecule has 0 saturated carbocycles. The molecular weight excluding hydrogens is 356 g/mol. The summed E-state index contributed by atoms with van der Waals surface area (Å²) in [5, 5.41) is 4.27. The third kappa shape index (κ3) is 3.28. The van der Waals surface area contributed by atoms with Crippen molar-refractivity contribution in [3.8, 4) is 0 Å². The highest BCUT2D eigenvalue weighted by Gasteiger charge is 2.19. The smallest absolute Gasteiger partial charge is 0.241 e. The molecule has 0 amide bonds. The maximum Gasteiger partial charge on any atom is 0.241 e. The van der Waals surface area contributed by atoms with Crippen molar-refractivity contribution in [3.63, 3.8) is 0 Å². The Labute approximate surface area is 132 Å². The van der Waals surface area contributed by atoms with Crippen LogP contribution in [0.4, 0.5) is 5.69 Å². The van der Waals surface area contributed by atoms with Gasteiger partial charge in [-0.1, -0.05) is 0 Å². The maximum atomic E-state index is 12.4. The number of nitrogens with one attached hydrogen (secondary N) is 1. The van der Waals surface area contributed by atoms with Crippen molar-refractivity contribution in [1.29, 1.82) is 0 Å². The number of aromatic nitrogens is 2. The van der Waals surface area contributed by atoms with Gasteiger partial charge in [-0.3, -0.25) is 4.68 Å². The molecule has 1 aromatic heterocycles. The van der Waals surface area contributed by atoms with Crippen molar-refractivity contribution in [1.82, 2.24) is 14.5 Å². The van der Waals surface area contributed by atoms with Gasteiger partial charge < -0.3 is 5.73 Å². The van der Waals surface area contributed by atoms with Gasteiger partial charge in [0.15, 0.2) is 0 Å². The standard InChI is InChI=1S/C13H17BrN4O2S/c1-8-11(9(2)18(3)17-8)7-16-21(19,20)13-5-4-10(15)6-12(13)14/h4-6,16H,7,15H2,1-3H3. The summed E-state index contributed by atoms with van der Waals surface area (Å²) in [6.45, 7) is 3.96. The van der Waals surface area contributed by atoms with E-state index >= 15 is 0 Å². The minimum Gasteiger partial charge on any atom is -0.399 e. The highest BCUT2D eigenvalue weighted by Crippen LogP contribution is 2.24. The quantitative estimate of drug-likeness (QED) is 0.801. The van der Waals surface area contributed by atoms with Crippen LogP contribution in [0.3, 0.4) is 0 Å². The number of halogens is 1. The van der Waals surface area contributed by atoms with Crippen molar-refractivity contribution in [3.05, 3.63) is 39.6 Å². The van der Waals surface area contributed by atoms with Crippen LogP contribution in [0.2, 0.25) is 0 Å². The second-order valence-corrected chi connectivity index (χ2v) is 7.38. The van der Waals surface area contributed by atoms with E-state index in [0.29, 0.717) is 10.2 Å². The molecule has 0 bridgehead atoms. The van der Waals surface area contributed by atoms with E-state index in [4.69, 9.17) is 5.73 Å². The predicted molar refractivity (Wildman–Crippen MR) is 85.3 cm³/mol. The molecule has 0 aliphatic heterocycles. The topological polar surface area (TPSA) is 90.0 Å². The van der Waals surface area contributed by atoms with Gasteiger partial charge in [0, 0.05) is 35.0 Å². The average Bonchev–Trinajstić information content (AvgIpc) is 2.60. The van der Waals surface area contributed by atoms with Crippen molar-refractivity contribution in [2.24, 2.45) is 7.05 Å². The number of rotatable bonds is 4. The predicted octanol–water partition coefficient (Wildman–Crippen LogP) is 1.86. The second-order valence-electron chi connectivity index (χ2n) is 4.79. The third-order valence-corrected chi connectivity index (χ3v) is 5.72. The molecule has 114 valence electrons. The zero-order valence-electron chi connectivity index (χ0n) is 12.0. The first-order valence-electron chi connectivity index (χ1n) is 6.26. The molecule has 1 heterocycles. The van der Waals surface area contributed by atoms with Crippen LogP contribution in [0.1, 0.15) is 17.0 Å². The molecule has 6 nitrogen and oxygen atoms in total. The summed E-state index contributed by atoms with van der Waals surface area (Å²) in [6.07, 6.45) is 0. The molecule has 2 rings (SSSR count). The van der Waals surface area contributed by atoms with Crippen LogP contribution in [0, 0.1) is 13.8 Å². The Balaban J connectivity index is 2.26. The molecule has 8 heteroatoms. The van der Waals surface area contributed by atoms with Crippen LogP contribution in [0.5, 0.6) is 0 Å². The Morgan fingerprint density at radius 1 is 1.38 bits per heavy atom. The molecule has 0 atom stereocenters. The fourth-order valence-electron chi connectivity index (χ4n) is 2.05. The van der Waals surface area contributed by atoms with E-state index in [1.165, 1.54) is 6.07 Å². The van der Waals surface area contributed by atoms with E-state index in [1.54, 1.807) is 16.8 Å². The minimum atomic E-state index is -3.62. The Hall–Kier alpha value is -1.38. The van der Waals surface area contributed by atoms with E-state index in [1.807, 2.05) is 20.9 Å². The summed E-state index contributed by atoms with van der Waals surface area (Å²) in [5.41, 5.74) is 8.75. The van der Waals surface area contributed by atoms with Gasteiger partial charge in [-0.25, -0.2) is 13.1 Å². The van der Waals surface area contributed by atoms with Crippen LogP contribution >= 0.6 is 15.9 Å². The first-order valence-corrected chi connectivity index (χ1v) is 8.53. The molecule has 0 radical (unpaired) electrons. The molecule has 1 aromatic carbocycles. The van der Waals surface area contributed by atoms with E-state index < -0.39 is 10.0 Å². The molecule has 0 unspecified atom stereocenters. The summed E-state index contributed by atoms with van der Waals surface area (Å²) in [5.74, 6) is 0. The molecule has 21 heavy (non-hydrogen) atoms. The van der Waals surface area contributed by atoms with Crippen LogP contribution < -0.4 is 10.5 Å². The number of nitrogen functional groups attached to an aromatic ring is 1. The number of aryl methyl sites for hydroxylation is 2. The Kier molecular flexibility index (Phi) is 4.40. The molecule has 0 aliphatic rings. The van der Waals surface area contributed by atoms with E-state index in [0.717, 1.165) is 17.0 Å². The highest BCUT2D eigenvalue weighted by atomic mass is 79.9. The van der Waals surface area contributed by atoms with Gasteiger partial charge in [-0.2, -0.15) is 5.10 Å². The lowest BCUT2D eigenvalue weighted by Gasteiger charge is -2.09. The van der Waals surface area contributed by atoms with E-state index in [2.05, 4.69) is 25.8 Å². The summed E-state index contributed by atoms with van der Waals surface area (Å²) in [6, 6.07) is 4.60. The number of sulfonamides is 1. The Bertz CT molecular complexity index is 784. The first-order chi connectivity index (χ1) is 9.72. The largest absolute Gasteiger partial charge is 0.399 e. The summed E-state index contributed by atoms with van der Waals surface area (Å²) in [4.78, 5) is 0.163. The third-order valence-electron chi connectivity index (χ3n) is 3.34. The average molecular weight is 373 g/mol. The second kappa shape index (κ2) is 5.78. The summed E-state index contributed by atoms with van der Waals surface area (Å²) in [7, 11) is -1.79. The molecular formula is C13H17BrN4O2S. The Morgan fingerprint density at radius 2 is 2.05 bits per heavy atom. The van der Waals surface area contributed by atoms with Crippen molar-refractivity contribution >= 4 is 31.6 Å². The van der Waals surface area contributed by atoms with Gasteiger partial charge >= 0.3 is 0 Å². The van der Waals surface area contributed by atoms with Crippen molar-refractivity contribution < 1.29 is 8.42 Å². The summed E-state index contributed by atoms with van der Waals surface area (Å²) >= 11 is 3.23. The van der Waals surface area contributed by atoms with Gasteiger partial charge in [0.05, 0.1) is 10.6 Å². The zero-order valence-corrected chi connectivity index (χ0v) is 14.4. The molecule has 0 aliphatic carbocycles. The van der Waals surface area contributed by atoms with Crippen molar-refractivity contribution in [2.45, 2.75) is 25.3 Å². The number of nitrogens with zero attached hydrogens (tertiary/aromatic N) is 2. The number of benzene rings is 1. The van der Waals surface area contributed by atoms with E-state index in [9.17, 15) is 8.42 Å². The van der Waals surface area contributed by atoms with E-state index in [-0.39, 0.29) is 11.4 Å². The summed E-state index contributed by atoms with van der Waals surface area (Å²) < 4.78 is 29.5. The van der Waals surface area contributed by atoms with Gasteiger partial charge in [-0.15, -0.1) is 0 Å². The fraction of sp³-hybridized carbons (Fsp3) is 0.308. The van der Waals surface area contributed by atoms with Crippen LogP contribution in [-0.4, -0.2) is 18.2 Å². The van der Waals surface area contributed by atoms with Gasteiger partial charge in [0.1, 0.15) is 0 Å². The molecule has 0 spiro atoms. The molecule has 2 aromatic rings. The lowest BCUT2D eigenvalue weighted by molar-refractivity contribution is 0.580. The lowest BCUT2D eigenvalue weighted by Crippen LogP contribution is -2.24. The van der Waals surface area contributed by atoms with Crippen LogP contribution in [0.25, 0.3) is 0 Å². The van der Waals surface area contributed by atoms with Gasteiger partial charge in [-0.05, 0) is 48.0 Å². The molecule has 0 saturated heterocycles. The van der Waals surface area contributed by atoms with Crippen molar-refractivity contribution in [2.75, 3.05) is 5.73 Å². The monoisotopic (exact) mass is 372 g/mol. The van der Waals surface area contributed by atoms with Gasteiger partial charge in [0.2, 0.25) is 10.0 Å². The highest BCUT2D eigenvalue weighted by molar-refractivity contribution is 9.10. The number of hydrogen-bond acceptors (Lipinski definition) is 4. The van der Waals surface area contributed by atoms with Crippen LogP contribution in [0.15, 0.2) is 27.6 Å². The zero-order chi connectivity index (χ0) is 15.8.